The lowest BCUT2D eigenvalue weighted by molar-refractivity contribution is -0.120. The summed E-state index contributed by atoms with van der Waals surface area (Å²) in [7, 11) is 1.69. The third-order valence-electron chi connectivity index (χ3n) is 9.69. The number of benzene rings is 3. The summed E-state index contributed by atoms with van der Waals surface area (Å²) in [6.07, 6.45) is 2.93. The fourth-order valence-electron chi connectivity index (χ4n) is 7.41. The van der Waals surface area contributed by atoms with Gasteiger partial charge in [-0.2, -0.15) is 0 Å². The second kappa shape index (κ2) is 13.9. The van der Waals surface area contributed by atoms with Crippen molar-refractivity contribution in [1.29, 1.82) is 0 Å². The van der Waals surface area contributed by atoms with Crippen molar-refractivity contribution in [3.05, 3.63) is 93.5 Å². The highest BCUT2D eigenvalue weighted by Gasteiger charge is 2.64. The molecule has 3 aromatic carbocycles. The first-order valence-electron chi connectivity index (χ1n) is 16.9. The zero-order chi connectivity index (χ0) is 34.9. The molecule has 48 heavy (non-hydrogen) atoms. The maximum atomic E-state index is 14.0. The van der Waals surface area contributed by atoms with Crippen LogP contribution in [0.3, 0.4) is 0 Å². The Morgan fingerprint density at radius 3 is 2.46 bits per heavy atom. The largest absolute Gasteiger partial charge is 0.444 e. The molecule has 9 heteroatoms. The summed E-state index contributed by atoms with van der Waals surface area (Å²) in [6, 6.07) is 19.6. The van der Waals surface area contributed by atoms with E-state index in [1.54, 1.807) is 19.2 Å². The standard InChI is InChI=1S/C39H48ClN3O5/c1-7-27-11-8-12-30(23-27)33-32(40)18-17-31-34(33)39(47,20-9-21-41-26(2)44)38(31)19-10-22-43(25-38)35(45)29-15-13-28(14-16-29)24-42(6)36(46)48-37(3,4)5/h8,11-18,23,47H,7,9-10,19-22,24-25H2,1-6H3,(H,41,44)/t38-,39-/m1/s1. The highest BCUT2D eigenvalue weighted by molar-refractivity contribution is 6.33. The number of nitrogens with zero attached hydrogens (tertiary/aromatic N) is 2. The lowest BCUT2D eigenvalue weighted by Gasteiger charge is -2.62. The molecule has 256 valence electrons. The summed E-state index contributed by atoms with van der Waals surface area (Å²) < 4.78 is 5.46. The monoisotopic (exact) mass is 673 g/mol. The van der Waals surface area contributed by atoms with Gasteiger partial charge in [-0.05, 0) is 98.9 Å². The van der Waals surface area contributed by atoms with Gasteiger partial charge in [0.25, 0.3) is 5.91 Å². The molecular formula is C39H48ClN3O5. The summed E-state index contributed by atoms with van der Waals surface area (Å²) in [4.78, 5) is 41.4. The summed E-state index contributed by atoms with van der Waals surface area (Å²) in [5, 5.41) is 16.3. The molecule has 0 radical (unpaired) electrons. The molecule has 1 aliphatic carbocycles. The summed E-state index contributed by atoms with van der Waals surface area (Å²) >= 11 is 6.91. The number of hydrogen-bond acceptors (Lipinski definition) is 5. The summed E-state index contributed by atoms with van der Waals surface area (Å²) in [5.74, 6) is -0.206. The molecule has 1 fully saturated rings. The quantitative estimate of drug-likeness (QED) is 0.234. The molecule has 8 nitrogen and oxygen atoms in total. The van der Waals surface area contributed by atoms with E-state index in [1.807, 2.05) is 62.1 Å². The molecule has 2 atom stereocenters. The number of aliphatic hydroxyl groups is 1. The number of amides is 3. The van der Waals surface area contributed by atoms with Crippen LogP contribution in [-0.4, -0.2) is 65.1 Å². The Bertz CT molecular complexity index is 1680. The molecule has 2 aliphatic rings. The first-order valence-corrected chi connectivity index (χ1v) is 17.3. The Morgan fingerprint density at radius 1 is 1.06 bits per heavy atom. The molecule has 0 saturated carbocycles. The smallest absolute Gasteiger partial charge is 0.410 e. The number of rotatable bonds is 9. The second-order valence-corrected chi connectivity index (χ2v) is 14.7. The van der Waals surface area contributed by atoms with Crippen molar-refractivity contribution in [3.8, 4) is 11.1 Å². The number of piperidine rings is 1. The average molecular weight is 674 g/mol. The van der Waals surface area contributed by atoms with Gasteiger partial charge in [-0.3, -0.25) is 9.59 Å². The van der Waals surface area contributed by atoms with Crippen molar-refractivity contribution in [2.75, 3.05) is 26.7 Å². The van der Waals surface area contributed by atoms with E-state index in [1.165, 1.54) is 17.4 Å². The van der Waals surface area contributed by atoms with Crippen molar-refractivity contribution >= 4 is 29.5 Å². The highest BCUT2D eigenvalue weighted by atomic mass is 35.5. The van der Waals surface area contributed by atoms with Crippen LogP contribution in [0.2, 0.25) is 5.02 Å². The summed E-state index contributed by atoms with van der Waals surface area (Å²) in [5.41, 5.74) is 3.78. The van der Waals surface area contributed by atoms with Crippen LogP contribution in [0.1, 0.15) is 92.9 Å². The fourth-order valence-corrected chi connectivity index (χ4v) is 7.67. The van der Waals surface area contributed by atoms with Crippen LogP contribution < -0.4 is 5.32 Å². The van der Waals surface area contributed by atoms with E-state index < -0.39 is 22.7 Å². The first kappa shape index (κ1) is 35.4. The Labute approximate surface area is 289 Å². The Balaban J connectivity index is 1.43. The molecule has 3 aromatic rings. The van der Waals surface area contributed by atoms with E-state index in [0.29, 0.717) is 49.6 Å². The number of halogens is 1. The van der Waals surface area contributed by atoms with Gasteiger partial charge in [-0.25, -0.2) is 4.79 Å². The number of carbonyl (C=O) groups excluding carboxylic acids is 3. The minimum Gasteiger partial charge on any atom is -0.444 e. The van der Waals surface area contributed by atoms with E-state index in [4.69, 9.17) is 16.3 Å². The van der Waals surface area contributed by atoms with E-state index in [2.05, 4.69) is 24.4 Å². The maximum Gasteiger partial charge on any atom is 0.410 e. The van der Waals surface area contributed by atoms with Crippen LogP contribution in [-0.2, 0) is 33.5 Å². The SMILES string of the molecule is CCc1cccc(-c2c(Cl)ccc3c2[C@](O)(CCCNC(C)=O)[C@@]32CCCN(C(=O)c3ccc(CN(C)C(=O)OC(C)(C)C)cc3)C2)c1. The number of hydrogen-bond donors (Lipinski definition) is 2. The van der Waals surface area contributed by atoms with Gasteiger partial charge in [0.1, 0.15) is 11.2 Å². The van der Waals surface area contributed by atoms with E-state index in [-0.39, 0.29) is 11.8 Å². The van der Waals surface area contributed by atoms with Gasteiger partial charge in [-0.15, -0.1) is 0 Å². The van der Waals surface area contributed by atoms with Crippen LogP contribution in [0.5, 0.6) is 0 Å². The number of aryl methyl sites for hydroxylation is 1. The number of carbonyl (C=O) groups is 3. The molecule has 0 unspecified atom stereocenters. The molecule has 3 amide bonds. The zero-order valence-corrected chi connectivity index (χ0v) is 29.7. The summed E-state index contributed by atoms with van der Waals surface area (Å²) in [6.45, 7) is 10.8. The van der Waals surface area contributed by atoms with Gasteiger partial charge in [-0.1, -0.05) is 61.0 Å². The molecule has 0 bridgehead atoms. The van der Waals surface area contributed by atoms with E-state index in [0.717, 1.165) is 47.1 Å². The van der Waals surface area contributed by atoms with Crippen molar-refractivity contribution in [1.82, 2.24) is 15.1 Å². The molecular weight excluding hydrogens is 626 g/mol. The lowest BCUT2D eigenvalue weighted by Crippen LogP contribution is -2.66. The molecule has 0 aromatic heterocycles. The second-order valence-electron chi connectivity index (χ2n) is 14.3. The molecule has 1 aliphatic heterocycles. The maximum absolute atomic E-state index is 14.0. The highest BCUT2D eigenvalue weighted by Crippen LogP contribution is 2.64. The first-order chi connectivity index (χ1) is 22.7. The van der Waals surface area contributed by atoms with Crippen molar-refractivity contribution < 1.29 is 24.2 Å². The zero-order valence-electron chi connectivity index (χ0n) is 29.0. The van der Waals surface area contributed by atoms with Gasteiger partial charge in [0.05, 0.1) is 0 Å². The molecule has 2 N–H and O–H groups in total. The van der Waals surface area contributed by atoms with Crippen LogP contribution in [0.4, 0.5) is 4.79 Å². The third kappa shape index (κ3) is 6.96. The Morgan fingerprint density at radius 2 is 1.79 bits per heavy atom. The third-order valence-corrected chi connectivity index (χ3v) is 10.0. The van der Waals surface area contributed by atoms with Crippen molar-refractivity contribution in [3.63, 3.8) is 0 Å². The van der Waals surface area contributed by atoms with Crippen LogP contribution in [0, 0.1) is 0 Å². The fraction of sp³-hybridized carbons (Fsp3) is 0.462. The molecule has 1 spiro atoms. The van der Waals surface area contributed by atoms with Crippen LogP contribution >= 0.6 is 11.6 Å². The Kier molecular flexibility index (Phi) is 10.3. The predicted octanol–water partition coefficient (Wildman–Crippen LogP) is 7.23. The normalized spacial score (nSPS) is 20.1. The van der Waals surface area contributed by atoms with Crippen LogP contribution in [0.15, 0.2) is 60.7 Å². The number of ether oxygens (including phenoxy) is 1. The average Bonchev–Trinajstić information content (AvgIpc) is 3.05. The van der Waals surface area contributed by atoms with Gasteiger partial charge in [0, 0.05) is 61.7 Å². The number of nitrogens with one attached hydrogen (secondary N) is 1. The minimum absolute atomic E-state index is 0.0972. The minimum atomic E-state index is -1.25. The van der Waals surface area contributed by atoms with Crippen molar-refractivity contribution in [2.24, 2.45) is 0 Å². The molecule has 1 heterocycles. The molecule has 1 saturated heterocycles. The van der Waals surface area contributed by atoms with Gasteiger partial charge < -0.3 is 25.0 Å². The Hall–Kier alpha value is -3.88. The van der Waals surface area contributed by atoms with E-state index >= 15 is 0 Å². The predicted molar refractivity (Wildman–Crippen MR) is 189 cm³/mol. The van der Waals surface area contributed by atoms with Gasteiger partial charge in [0.2, 0.25) is 5.91 Å². The van der Waals surface area contributed by atoms with Crippen molar-refractivity contribution in [2.45, 2.75) is 89.9 Å². The van der Waals surface area contributed by atoms with Crippen LogP contribution in [0.25, 0.3) is 11.1 Å². The lowest BCUT2D eigenvalue weighted by atomic mass is 9.47. The number of fused-ring (bicyclic) bond motifs is 2. The van der Waals surface area contributed by atoms with E-state index in [9.17, 15) is 19.5 Å². The topological polar surface area (TPSA) is 99.2 Å². The molecule has 5 rings (SSSR count). The van der Waals surface area contributed by atoms with Gasteiger partial charge in [0.15, 0.2) is 0 Å². The van der Waals surface area contributed by atoms with Gasteiger partial charge >= 0.3 is 6.09 Å². The number of likely N-dealkylation sites (tertiary alicyclic amines) is 1.